The molecule has 0 aliphatic carbocycles. The van der Waals surface area contributed by atoms with Gasteiger partial charge in [-0.3, -0.25) is 4.79 Å². The Morgan fingerprint density at radius 1 is 1.56 bits per heavy atom. The molecule has 0 aromatic heterocycles. The number of ether oxygens (including phenoxy) is 1. The number of aromatic hydroxyl groups is 1. The Hall–Kier alpha value is -1.55. The third kappa shape index (κ3) is 2.97. The minimum atomic E-state index is -0.729. The van der Waals surface area contributed by atoms with Crippen LogP contribution < -0.4 is 5.73 Å². The third-order valence-corrected chi connectivity index (χ3v) is 2.35. The third-order valence-electron chi connectivity index (χ3n) is 2.35. The molecular weight excluding hydrogens is 206 g/mol. The van der Waals surface area contributed by atoms with Gasteiger partial charge in [0.25, 0.3) is 0 Å². The topological polar surface area (TPSA) is 72.5 Å². The maximum Gasteiger partial charge on any atom is 0.323 e. The van der Waals surface area contributed by atoms with Crippen molar-refractivity contribution >= 4 is 5.97 Å². The molecule has 1 unspecified atom stereocenters. The van der Waals surface area contributed by atoms with Gasteiger partial charge in [0.2, 0.25) is 0 Å². The number of hydrogen-bond donors (Lipinski definition) is 2. The first-order valence-corrected chi connectivity index (χ1v) is 5.26. The molecule has 1 atom stereocenters. The molecule has 0 bridgehead atoms. The maximum atomic E-state index is 11.3. The first kappa shape index (κ1) is 12.5. The van der Waals surface area contributed by atoms with Crippen LogP contribution in [0.3, 0.4) is 0 Å². The summed E-state index contributed by atoms with van der Waals surface area (Å²) in [5.74, 6) is -0.245. The normalized spacial score (nSPS) is 12.2. The van der Waals surface area contributed by atoms with Crippen molar-refractivity contribution in [3.63, 3.8) is 0 Å². The number of hydrogen-bond acceptors (Lipinski definition) is 4. The van der Waals surface area contributed by atoms with Crippen LogP contribution in [0.1, 0.15) is 18.1 Å². The van der Waals surface area contributed by atoms with Gasteiger partial charge in [-0.15, -0.1) is 0 Å². The minimum absolute atomic E-state index is 0.197. The van der Waals surface area contributed by atoms with E-state index < -0.39 is 12.0 Å². The summed E-state index contributed by atoms with van der Waals surface area (Å²) in [5.41, 5.74) is 7.11. The number of carbonyl (C=O) groups is 1. The van der Waals surface area contributed by atoms with Crippen molar-refractivity contribution in [2.24, 2.45) is 5.73 Å². The van der Waals surface area contributed by atoms with E-state index in [2.05, 4.69) is 0 Å². The molecule has 0 saturated carbocycles. The van der Waals surface area contributed by atoms with Crippen molar-refractivity contribution in [3.8, 4) is 5.75 Å². The second-order valence-corrected chi connectivity index (χ2v) is 3.65. The van der Waals surface area contributed by atoms with Gasteiger partial charge >= 0.3 is 5.97 Å². The van der Waals surface area contributed by atoms with Crippen molar-refractivity contribution in [2.45, 2.75) is 26.3 Å². The van der Waals surface area contributed by atoms with Crippen molar-refractivity contribution in [2.75, 3.05) is 6.61 Å². The molecule has 0 aliphatic rings. The van der Waals surface area contributed by atoms with Gasteiger partial charge in [-0.2, -0.15) is 0 Å². The zero-order valence-electron chi connectivity index (χ0n) is 9.56. The first-order chi connectivity index (χ1) is 7.56. The highest BCUT2D eigenvalue weighted by Crippen LogP contribution is 2.22. The van der Waals surface area contributed by atoms with E-state index in [1.54, 1.807) is 26.0 Å². The van der Waals surface area contributed by atoms with Gasteiger partial charge in [0.15, 0.2) is 0 Å². The van der Waals surface area contributed by atoms with Gasteiger partial charge < -0.3 is 15.6 Å². The lowest BCUT2D eigenvalue weighted by Crippen LogP contribution is -2.34. The molecule has 1 rings (SSSR count). The zero-order valence-corrected chi connectivity index (χ0v) is 9.56. The average Bonchev–Trinajstić information content (AvgIpc) is 2.25. The Morgan fingerprint density at radius 3 is 2.88 bits per heavy atom. The highest BCUT2D eigenvalue weighted by atomic mass is 16.5. The fourth-order valence-electron chi connectivity index (χ4n) is 1.45. The lowest BCUT2D eigenvalue weighted by molar-refractivity contribution is -0.144. The van der Waals surface area contributed by atoms with Gasteiger partial charge in [-0.25, -0.2) is 0 Å². The molecule has 4 heteroatoms. The number of para-hydroxylation sites is 1. The van der Waals surface area contributed by atoms with Crippen LogP contribution in [0.25, 0.3) is 0 Å². The number of phenols is 1. The zero-order chi connectivity index (χ0) is 12.1. The second kappa shape index (κ2) is 5.51. The summed E-state index contributed by atoms with van der Waals surface area (Å²) in [6.07, 6.45) is 0.284. The lowest BCUT2D eigenvalue weighted by atomic mass is 10.0. The first-order valence-electron chi connectivity index (χ1n) is 5.26. The minimum Gasteiger partial charge on any atom is -0.507 e. The van der Waals surface area contributed by atoms with Gasteiger partial charge in [-0.05, 0) is 25.0 Å². The van der Waals surface area contributed by atoms with Crippen LogP contribution in [0.15, 0.2) is 18.2 Å². The average molecular weight is 223 g/mol. The van der Waals surface area contributed by atoms with E-state index in [0.717, 1.165) is 5.56 Å². The molecule has 0 saturated heterocycles. The van der Waals surface area contributed by atoms with Gasteiger partial charge in [0.05, 0.1) is 6.61 Å². The standard InChI is InChI=1S/C12H17NO3/c1-3-16-12(15)10(13)7-9-6-4-5-8(2)11(9)14/h4-6,10,14H,3,7,13H2,1-2H3. The molecule has 4 nitrogen and oxygen atoms in total. The van der Waals surface area contributed by atoms with E-state index in [0.29, 0.717) is 12.2 Å². The van der Waals surface area contributed by atoms with E-state index >= 15 is 0 Å². The van der Waals surface area contributed by atoms with Crippen LogP contribution in [0.5, 0.6) is 5.75 Å². The summed E-state index contributed by atoms with van der Waals surface area (Å²) in [7, 11) is 0. The van der Waals surface area contributed by atoms with Crippen LogP contribution >= 0.6 is 0 Å². The quantitative estimate of drug-likeness (QED) is 0.751. The van der Waals surface area contributed by atoms with Gasteiger partial charge in [0, 0.05) is 6.42 Å². The van der Waals surface area contributed by atoms with E-state index in [-0.39, 0.29) is 12.2 Å². The summed E-state index contributed by atoms with van der Waals surface area (Å²) in [6, 6.07) is 4.64. The van der Waals surface area contributed by atoms with Crippen molar-refractivity contribution in [1.82, 2.24) is 0 Å². The Bertz CT molecular complexity index is 377. The highest BCUT2D eigenvalue weighted by molar-refractivity contribution is 5.76. The van der Waals surface area contributed by atoms with Crippen LogP contribution in [-0.4, -0.2) is 23.7 Å². The number of phenolic OH excluding ortho intramolecular Hbond substituents is 1. The number of rotatable bonds is 4. The summed E-state index contributed by atoms with van der Waals surface area (Å²) in [6.45, 7) is 3.84. The van der Waals surface area contributed by atoms with Crippen LogP contribution in [0.2, 0.25) is 0 Å². The smallest absolute Gasteiger partial charge is 0.323 e. The molecule has 3 N–H and O–H groups in total. The summed E-state index contributed by atoms with van der Waals surface area (Å²) in [5, 5.41) is 9.75. The number of benzene rings is 1. The fraction of sp³-hybridized carbons (Fsp3) is 0.417. The highest BCUT2D eigenvalue weighted by Gasteiger charge is 2.17. The van der Waals surface area contributed by atoms with Crippen molar-refractivity contribution < 1.29 is 14.6 Å². The van der Waals surface area contributed by atoms with E-state index in [9.17, 15) is 9.90 Å². The molecular formula is C12H17NO3. The summed E-state index contributed by atoms with van der Waals surface area (Å²) >= 11 is 0. The number of esters is 1. The monoisotopic (exact) mass is 223 g/mol. The maximum absolute atomic E-state index is 11.3. The van der Waals surface area contributed by atoms with Crippen LogP contribution in [-0.2, 0) is 16.0 Å². The summed E-state index contributed by atoms with van der Waals surface area (Å²) < 4.78 is 4.80. The van der Waals surface area contributed by atoms with Gasteiger partial charge in [0.1, 0.15) is 11.8 Å². The van der Waals surface area contributed by atoms with E-state index in [1.165, 1.54) is 0 Å². The molecule has 1 aromatic rings. The molecule has 0 amide bonds. The summed E-state index contributed by atoms with van der Waals surface area (Å²) in [4.78, 5) is 11.3. The molecule has 0 heterocycles. The van der Waals surface area contributed by atoms with Crippen molar-refractivity contribution in [3.05, 3.63) is 29.3 Å². The van der Waals surface area contributed by atoms with Crippen LogP contribution in [0, 0.1) is 6.92 Å². The molecule has 0 radical (unpaired) electrons. The predicted molar refractivity (Wildman–Crippen MR) is 61.2 cm³/mol. The second-order valence-electron chi connectivity index (χ2n) is 3.65. The Balaban J connectivity index is 2.73. The van der Waals surface area contributed by atoms with Crippen LogP contribution in [0.4, 0.5) is 0 Å². The lowest BCUT2D eigenvalue weighted by Gasteiger charge is -2.12. The fourth-order valence-corrected chi connectivity index (χ4v) is 1.45. The van der Waals surface area contributed by atoms with E-state index in [4.69, 9.17) is 10.5 Å². The molecule has 0 aliphatic heterocycles. The largest absolute Gasteiger partial charge is 0.507 e. The van der Waals surface area contributed by atoms with E-state index in [1.807, 2.05) is 6.07 Å². The molecule has 88 valence electrons. The SMILES string of the molecule is CCOC(=O)C(N)Cc1cccc(C)c1O. The molecule has 16 heavy (non-hydrogen) atoms. The molecule has 1 aromatic carbocycles. The molecule has 0 spiro atoms. The Kier molecular flexibility index (Phi) is 4.31. The Labute approximate surface area is 95.0 Å². The Morgan fingerprint density at radius 2 is 2.25 bits per heavy atom. The molecule has 0 fully saturated rings. The number of nitrogens with two attached hydrogens (primary N) is 1. The number of carbonyl (C=O) groups excluding carboxylic acids is 1. The van der Waals surface area contributed by atoms with Gasteiger partial charge in [-0.1, -0.05) is 18.2 Å². The predicted octanol–water partition coefficient (Wildman–Crippen LogP) is 1.13. The van der Waals surface area contributed by atoms with Crippen molar-refractivity contribution in [1.29, 1.82) is 0 Å². The number of aryl methyl sites for hydroxylation is 1.